The smallest absolute Gasteiger partial charge is 0.122 e. The molecule has 3 heteroatoms. The Kier molecular flexibility index (Phi) is 4.25. The van der Waals surface area contributed by atoms with E-state index >= 15 is 0 Å². The summed E-state index contributed by atoms with van der Waals surface area (Å²) in [6.07, 6.45) is 2.58. The van der Waals surface area contributed by atoms with Gasteiger partial charge in [0.15, 0.2) is 0 Å². The second-order valence-electron chi connectivity index (χ2n) is 5.17. The van der Waals surface area contributed by atoms with Gasteiger partial charge in [-0.3, -0.25) is 0 Å². The summed E-state index contributed by atoms with van der Waals surface area (Å²) >= 11 is 0. The summed E-state index contributed by atoms with van der Waals surface area (Å²) < 4.78 is 10.8. The number of ether oxygens (including phenoxy) is 2. The number of rotatable bonds is 6. The van der Waals surface area contributed by atoms with Gasteiger partial charge in [-0.2, -0.15) is 0 Å². The molecule has 18 heavy (non-hydrogen) atoms. The van der Waals surface area contributed by atoms with Crippen molar-refractivity contribution in [1.82, 2.24) is 0 Å². The van der Waals surface area contributed by atoms with Gasteiger partial charge in [0.25, 0.3) is 0 Å². The van der Waals surface area contributed by atoms with Crippen LogP contribution in [0.3, 0.4) is 0 Å². The fraction of sp³-hybridized carbons (Fsp3) is 0.600. The van der Waals surface area contributed by atoms with E-state index in [4.69, 9.17) is 9.47 Å². The molecule has 1 unspecified atom stereocenters. The first kappa shape index (κ1) is 13.4. The van der Waals surface area contributed by atoms with Crippen molar-refractivity contribution in [3.05, 3.63) is 29.3 Å². The van der Waals surface area contributed by atoms with Gasteiger partial charge in [-0.15, -0.1) is 0 Å². The van der Waals surface area contributed by atoms with Crippen molar-refractivity contribution in [3.63, 3.8) is 0 Å². The van der Waals surface area contributed by atoms with E-state index < -0.39 is 5.60 Å². The highest BCUT2D eigenvalue weighted by atomic mass is 16.5. The standard InChI is InChI=1S/C15H22O3/c1-3-17-11-15(2,16)8-6-12-4-5-14-13(10-12)7-9-18-14/h4-5,10,16H,3,6-9,11H2,1-2H3. The van der Waals surface area contributed by atoms with Crippen LogP contribution in [-0.2, 0) is 17.6 Å². The molecule has 0 saturated carbocycles. The first-order chi connectivity index (χ1) is 8.61. The van der Waals surface area contributed by atoms with Gasteiger partial charge in [-0.05, 0) is 43.9 Å². The maximum Gasteiger partial charge on any atom is 0.122 e. The molecule has 2 rings (SSSR count). The van der Waals surface area contributed by atoms with Crippen LogP contribution < -0.4 is 4.74 Å². The molecular formula is C15H22O3. The maximum atomic E-state index is 10.2. The molecule has 0 aromatic heterocycles. The number of aliphatic hydroxyl groups is 1. The van der Waals surface area contributed by atoms with Crippen molar-refractivity contribution >= 4 is 0 Å². The number of fused-ring (bicyclic) bond motifs is 1. The lowest BCUT2D eigenvalue weighted by atomic mass is 9.96. The van der Waals surface area contributed by atoms with Gasteiger partial charge in [0.2, 0.25) is 0 Å². The molecule has 1 aromatic rings. The Morgan fingerprint density at radius 2 is 2.28 bits per heavy atom. The molecule has 0 fully saturated rings. The van der Waals surface area contributed by atoms with E-state index in [1.165, 1.54) is 11.1 Å². The van der Waals surface area contributed by atoms with Crippen LogP contribution in [0.1, 0.15) is 31.4 Å². The molecule has 0 aliphatic carbocycles. The largest absolute Gasteiger partial charge is 0.493 e. The third-order valence-electron chi connectivity index (χ3n) is 3.32. The summed E-state index contributed by atoms with van der Waals surface area (Å²) in [5, 5.41) is 10.2. The summed E-state index contributed by atoms with van der Waals surface area (Å²) in [7, 11) is 0. The molecule has 0 spiro atoms. The van der Waals surface area contributed by atoms with Crippen molar-refractivity contribution in [3.8, 4) is 5.75 Å². The Hall–Kier alpha value is -1.06. The van der Waals surface area contributed by atoms with Crippen molar-refractivity contribution in [2.24, 2.45) is 0 Å². The Bertz CT molecular complexity index is 399. The molecule has 0 amide bonds. The first-order valence-electron chi connectivity index (χ1n) is 6.65. The van der Waals surface area contributed by atoms with Crippen molar-refractivity contribution < 1.29 is 14.6 Å². The number of hydrogen-bond donors (Lipinski definition) is 1. The first-order valence-corrected chi connectivity index (χ1v) is 6.65. The van der Waals surface area contributed by atoms with Crippen LogP contribution in [0.2, 0.25) is 0 Å². The molecule has 1 aliphatic rings. The Balaban J connectivity index is 1.90. The van der Waals surface area contributed by atoms with E-state index in [0.29, 0.717) is 19.6 Å². The SMILES string of the molecule is CCOCC(C)(O)CCc1ccc2c(c1)CCO2. The topological polar surface area (TPSA) is 38.7 Å². The highest BCUT2D eigenvalue weighted by Gasteiger charge is 2.20. The lowest BCUT2D eigenvalue weighted by Crippen LogP contribution is -2.31. The minimum absolute atomic E-state index is 0.400. The van der Waals surface area contributed by atoms with E-state index in [1.807, 2.05) is 19.9 Å². The van der Waals surface area contributed by atoms with E-state index in [1.54, 1.807) is 0 Å². The van der Waals surface area contributed by atoms with Gasteiger partial charge >= 0.3 is 0 Å². The number of aryl methyl sites for hydroxylation is 1. The Morgan fingerprint density at radius 3 is 3.06 bits per heavy atom. The quantitative estimate of drug-likeness (QED) is 0.842. The van der Waals surface area contributed by atoms with Gasteiger partial charge in [0.1, 0.15) is 5.75 Å². The molecule has 0 bridgehead atoms. The number of hydrogen-bond acceptors (Lipinski definition) is 3. The Labute approximate surface area is 109 Å². The van der Waals surface area contributed by atoms with E-state index in [-0.39, 0.29) is 0 Å². The minimum atomic E-state index is -0.745. The summed E-state index contributed by atoms with van der Waals surface area (Å²) in [6.45, 7) is 5.61. The zero-order chi connectivity index (χ0) is 13.0. The highest BCUT2D eigenvalue weighted by Crippen LogP contribution is 2.27. The van der Waals surface area contributed by atoms with Crippen LogP contribution >= 0.6 is 0 Å². The summed E-state index contributed by atoms with van der Waals surface area (Å²) in [5.74, 6) is 1.01. The van der Waals surface area contributed by atoms with E-state index in [2.05, 4.69) is 12.1 Å². The minimum Gasteiger partial charge on any atom is -0.493 e. The van der Waals surface area contributed by atoms with Crippen molar-refractivity contribution in [1.29, 1.82) is 0 Å². The summed E-state index contributed by atoms with van der Waals surface area (Å²) in [4.78, 5) is 0. The van der Waals surface area contributed by atoms with Crippen LogP contribution in [0.4, 0.5) is 0 Å². The summed E-state index contributed by atoms with van der Waals surface area (Å²) in [5.41, 5.74) is 1.80. The second-order valence-corrected chi connectivity index (χ2v) is 5.17. The van der Waals surface area contributed by atoms with Crippen LogP contribution in [0.25, 0.3) is 0 Å². The molecule has 1 atom stereocenters. The molecule has 1 aromatic carbocycles. The van der Waals surface area contributed by atoms with Gasteiger partial charge in [0.05, 0.1) is 18.8 Å². The van der Waals surface area contributed by atoms with Crippen molar-refractivity contribution in [2.75, 3.05) is 19.8 Å². The molecule has 0 radical (unpaired) electrons. The summed E-state index contributed by atoms with van der Waals surface area (Å²) in [6, 6.07) is 6.31. The van der Waals surface area contributed by atoms with Crippen LogP contribution in [-0.4, -0.2) is 30.5 Å². The van der Waals surface area contributed by atoms with Crippen LogP contribution in [0.15, 0.2) is 18.2 Å². The zero-order valence-electron chi connectivity index (χ0n) is 11.2. The van der Waals surface area contributed by atoms with Gasteiger partial charge in [-0.1, -0.05) is 12.1 Å². The van der Waals surface area contributed by atoms with Gasteiger partial charge in [0, 0.05) is 13.0 Å². The Morgan fingerprint density at radius 1 is 1.44 bits per heavy atom. The molecule has 1 aliphatic heterocycles. The molecule has 0 saturated heterocycles. The van der Waals surface area contributed by atoms with Crippen LogP contribution in [0, 0.1) is 0 Å². The van der Waals surface area contributed by atoms with E-state index in [9.17, 15) is 5.11 Å². The molecule has 1 heterocycles. The third kappa shape index (κ3) is 3.47. The predicted molar refractivity (Wildman–Crippen MR) is 71.1 cm³/mol. The lowest BCUT2D eigenvalue weighted by Gasteiger charge is -2.22. The lowest BCUT2D eigenvalue weighted by molar-refractivity contribution is -0.0352. The van der Waals surface area contributed by atoms with Gasteiger partial charge in [-0.25, -0.2) is 0 Å². The number of benzene rings is 1. The monoisotopic (exact) mass is 250 g/mol. The third-order valence-corrected chi connectivity index (χ3v) is 3.32. The second kappa shape index (κ2) is 5.72. The average molecular weight is 250 g/mol. The molecular weight excluding hydrogens is 228 g/mol. The molecule has 100 valence electrons. The van der Waals surface area contributed by atoms with Crippen LogP contribution in [0.5, 0.6) is 5.75 Å². The van der Waals surface area contributed by atoms with E-state index in [0.717, 1.165) is 25.2 Å². The predicted octanol–water partition coefficient (Wildman–Crippen LogP) is 2.34. The normalized spacial score (nSPS) is 17.1. The van der Waals surface area contributed by atoms with Crippen molar-refractivity contribution in [2.45, 2.75) is 38.7 Å². The fourth-order valence-corrected chi connectivity index (χ4v) is 2.20. The van der Waals surface area contributed by atoms with Gasteiger partial charge < -0.3 is 14.6 Å². The molecule has 3 nitrogen and oxygen atoms in total. The maximum absolute atomic E-state index is 10.2. The highest BCUT2D eigenvalue weighted by molar-refractivity contribution is 5.39. The average Bonchev–Trinajstić information content (AvgIpc) is 2.81. The zero-order valence-corrected chi connectivity index (χ0v) is 11.2. The fourth-order valence-electron chi connectivity index (χ4n) is 2.20. The molecule has 1 N–H and O–H groups in total.